The Morgan fingerprint density at radius 1 is 1.69 bits per heavy atom. The minimum absolute atomic E-state index is 0.109. The van der Waals surface area contributed by atoms with Crippen molar-refractivity contribution in [2.24, 2.45) is 7.05 Å². The van der Waals surface area contributed by atoms with E-state index in [0.717, 1.165) is 24.2 Å². The molecule has 0 spiro atoms. The van der Waals surface area contributed by atoms with Gasteiger partial charge in [-0.2, -0.15) is 5.10 Å². The van der Waals surface area contributed by atoms with Crippen molar-refractivity contribution in [3.63, 3.8) is 0 Å². The summed E-state index contributed by atoms with van der Waals surface area (Å²) in [6, 6.07) is 0. The van der Waals surface area contributed by atoms with Gasteiger partial charge in [-0.3, -0.25) is 9.48 Å². The van der Waals surface area contributed by atoms with Gasteiger partial charge in [0.2, 0.25) is 0 Å². The van der Waals surface area contributed by atoms with E-state index in [1.54, 1.807) is 4.68 Å². The molecule has 0 radical (unpaired) electrons. The molecule has 0 N–H and O–H groups in total. The zero-order chi connectivity index (χ0) is 11.6. The number of carbonyl (C=O) groups is 1. The number of hydrogen-bond acceptors (Lipinski definition) is 3. The Morgan fingerprint density at radius 3 is 3.06 bits per heavy atom. The van der Waals surface area contributed by atoms with E-state index in [1.807, 2.05) is 31.2 Å². The normalized spacial score (nSPS) is 24.9. The quantitative estimate of drug-likeness (QED) is 0.806. The average Bonchev–Trinajstić information content (AvgIpc) is 2.85. The maximum absolute atomic E-state index is 12.1. The highest BCUT2D eigenvalue weighted by Crippen LogP contribution is 2.39. The van der Waals surface area contributed by atoms with Crippen molar-refractivity contribution in [1.29, 1.82) is 0 Å². The number of ketones is 1. The van der Waals surface area contributed by atoms with Crippen molar-refractivity contribution in [2.75, 3.05) is 5.75 Å². The molecule has 1 unspecified atom stereocenters. The number of thioether (sulfide) groups is 1. The van der Waals surface area contributed by atoms with Crippen LogP contribution in [0.1, 0.15) is 31.7 Å². The molecule has 2 heterocycles. The molecule has 1 saturated heterocycles. The van der Waals surface area contributed by atoms with Crippen LogP contribution in [0.4, 0.5) is 0 Å². The van der Waals surface area contributed by atoms with E-state index in [1.165, 1.54) is 6.42 Å². The summed E-state index contributed by atoms with van der Waals surface area (Å²) in [7, 11) is 1.90. The van der Waals surface area contributed by atoms with Gasteiger partial charge < -0.3 is 0 Å². The van der Waals surface area contributed by atoms with Gasteiger partial charge in [-0.1, -0.05) is 0 Å². The molecule has 2 rings (SSSR count). The molecule has 0 amide bonds. The predicted molar refractivity (Wildman–Crippen MR) is 66.6 cm³/mol. The highest BCUT2D eigenvalue weighted by Gasteiger charge is 2.36. The SMILES string of the molecule is Cn1cc(CCC(=O)C2(C)CCCS2)cn1. The third kappa shape index (κ3) is 2.48. The van der Waals surface area contributed by atoms with Gasteiger partial charge in [0.25, 0.3) is 0 Å². The van der Waals surface area contributed by atoms with Gasteiger partial charge in [-0.05, 0) is 37.5 Å². The lowest BCUT2D eigenvalue weighted by molar-refractivity contribution is -0.121. The van der Waals surface area contributed by atoms with Gasteiger partial charge in [0.15, 0.2) is 0 Å². The molecule has 1 aliphatic rings. The number of carbonyl (C=O) groups excluding carboxylic acids is 1. The van der Waals surface area contributed by atoms with E-state index in [0.29, 0.717) is 12.2 Å². The molecule has 1 aliphatic heterocycles. The van der Waals surface area contributed by atoms with E-state index < -0.39 is 0 Å². The van der Waals surface area contributed by atoms with Gasteiger partial charge in [0, 0.05) is 19.7 Å². The monoisotopic (exact) mass is 238 g/mol. The highest BCUT2D eigenvalue weighted by atomic mass is 32.2. The minimum atomic E-state index is -0.109. The van der Waals surface area contributed by atoms with Crippen molar-refractivity contribution in [1.82, 2.24) is 9.78 Å². The lowest BCUT2D eigenvalue weighted by Crippen LogP contribution is -2.28. The van der Waals surface area contributed by atoms with Crippen molar-refractivity contribution in [3.8, 4) is 0 Å². The van der Waals surface area contributed by atoms with E-state index >= 15 is 0 Å². The van der Waals surface area contributed by atoms with Crippen LogP contribution in [-0.2, 0) is 18.3 Å². The summed E-state index contributed by atoms with van der Waals surface area (Å²) in [6.45, 7) is 2.09. The largest absolute Gasteiger partial charge is 0.298 e. The molecule has 16 heavy (non-hydrogen) atoms. The zero-order valence-electron chi connectivity index (χ0n) is 9.90. The summed E-state index contributed by atoms with van der Waals surface area (Å²) in [5.41, 5.74) is 1.16. The third-order valence-electron chi connectivity index (χ3n) is 3.21. The number of hydrogen-bond donors (Lipinski definition) is 0. The molecule has 4 heteroatoms. The smallest absolute Gasteiger partial charge is 0.148 e. The number of Topliss-reactive ketones (excluding diaryl/α,β-unsaturated/α-hetero) is 1. The number of rotatable bonds is 4. The van der Waals surface area contributed by atoms with Crippen LogP contribution in [0.5, 0.6) is 0 Å². The lowest BCUT2D eigenvalue weighted by atomic mass is 9.96. The summed E-state index contributed by atoms with van der Waals surface area (Å²) in [4.78, 5) is 12.1. The van der Waals surface area contributed by atoms with E-state index in [4.69, 9.17) is 0 Å². The van der Waals surface area contributed by atoms with Crippen molar-refractivity contribution in [3.05, 3.63) is 18.0 Å². The minimum Gasteiger partial charge on any atom is -0.298 e. The Labute approximate surface area is 101 Å². The van der Waals surface area contributed by atoms with Crippen LogP contribution in [0.25, 0.3) is 0 Å². The maximum atomic E-state index is 12.1. The molecular weight excluding hydrogens is 220 g/mol. The molecule has 0 bridgehead atoms. The second-order valence-electron chi connectivity index (χ2n) is 4.63. The molecule has 0 aliphatic carbocycles. The maximum Gasteiger partial charge on any atom is 0.148 e. The summed E-state index contributed by atoms with van der Waals surface area (Å²) >= 11 is 1.82. The predicted octanol–water partition coefficient (Wildman–Crippen LogP) is 2.21. The van der Waals surface area contributed by atoms with E-state index in [9.17, 15) is 4.79 Å². The molecule has 1 aromatic heterocycles. The lowest BCUT2D eigenvalue weighted by Gasteiger charge is -2.20. The summed E-state index contributed by atoms with van der Waals surface area (Å²) < 4.78 is 1.67. The van der Waals surface area contributed by atoms with Gasteiger partial charge in [0.05, 0.1) is 10.9 Å². The first-order valence-corrected chi connectivity index (χ1v) is 6.73. The molecule has 1 aromatic rings. The number of aromatic nitrogens is 2. The van der Waals surface area contributed by atoms with E-state index in [2.05, 4.69) is 12.0 Å². The fourth-order valence-corrected chi connectivity index (χ4v) is 3.41. The van der Waals surface area contributed by atoms with Crippen LogP contribution >= 0.6 is 11.8 Å². The third-order valence-corrected chi connectivity index (χ3v) is 4.77. The first-order chi connectivity index (χ1) is 7.60. The van der Waals surface area contributed by atoms with Crippen molar-refractivity contribution < 1.29 is 4.79 Å². The standard InChI is InChI=1S/C12H18N2OS/c1-12(6-3-7-16-12)11(15)5-4-10-8-13-14(2)9-10/h8-9H,3-7H2,1-2H3. The Balaban J connectivity index is 1.88. The van der Waals surface area contributed by atoms with Gasteiger partial charge in [-0.25, -0.2) is 0 Å². The molecule has 1 atom stereocenters. The molecule has 0 aromatic carbocycles. The van der Waals surface area contributed by atoms with Crippen molar-refractivity contribution in [2.45, 2.75) is 37.4 Å². The first kappa shape index (κ1) is 11.7. The number of aryl methyl sites for hydroxylation is 2. The van der Waals surface area contributed by atoms with Crippen LogP contribution in [-0.4, -0.2) is 26.1 Å². The Bertz CT molecular complexity index is 380. The van der Waals surface area contributed by atoms with Gasteiger partial charge in [0.1, 0.15) is 5.78 Å². The van der Waals surface area contributed by atoms with Crippen LogP contribution in [0, 0.1) is 0 Å². The summed E-state index contributed by atoms with van der Waals surface area (Å²) in [5, 5.41) is 4.11. The topological polar surface area (TPSA) is 34.9 Å². The number of nitrogens with zero attached hydrogens (tertiary/aromatic N) is 2. The van der Waals surface area contributed by atoms with Crippen LogP contribution in [0.2, 0.25) is 0 Å². The van der Waals surface area contributed by atoms with Gasteiger partial charge in [-0.15, -0.1) is 11.8 Å². The first-order valence-electron chi connectivity index (χ1n) is 5.75. The zero-order valence-corrected chi connectivity index (χ0v) is 10.7. The van der Waals surface area contributed by atoms with Crippen LogP contribution in [0.15, 0.2) is 12.4 Å². The highest BCUT2D eigenvalue weighted by molar-refractivity contribution is 8.01. The molecule has 1 fully saturated rings. The fraction of sp³-hybridized carbons (Fsp3) is 0.667. The second-order valence-corrected chi connectivity index (χ2v) is 6.23. The second kappa shape index (κ2) is 4.62. The van der Waals surface area contributed by atoms with E-state index in [-0.39, 0.29) is 4.75 Å². The Morgan fingerprint density at radius 2 is 2.50 bits per heavy atom. The molecular formula is C12H18N2OS. The summed E-state index contributed by atoms with van der Waals surface area (Å²) in [5.74, 6) is 1.54. The molecule has 0 saturated carbocycles. The van der Waals surface area contributed by atoms with Crippen LogP contribution in [0.3, 0.4) is 0 Å². The van der Waals surface area contributed by atoms with Gasteiger partial charge >= 0.3 is 0 Å². The van der Waals surface area contributed by atoms with Crippen LogP contribution < -0.4 is 0 Å². The Kier molecular flexibility index (Phi) is 3.38. The fourth-order valence-electron chi connectivity index (χ4n) is 2.12. The average molecular weight is 238 g/mol. The Hall–Kier alpha value is -0.770. The molecule has 3 nitrogen and oxygen atoms in total. The molecule has 88 valence electrons. The van der Waals surface area contributed by atoms with Crippen molar-refractivity contribution >= 4 is 17.5 Å². The summed E-state index contributed by atoms with van der Waals surface area (Å²) in [6.07, 6.45) is 7.52.